The first-order chi connectivity index (χ1) is 19.6. The fraction of sp³-hybridized carbons (Fsp3) is 0.419. The van der Waals surface area contributed by atoms with Crippen LogP contribution in [0.4, 0.5) is 0 Å². The van der Waals surface area contributed by atoms with Gasteiger partial charge < -0.3 is 30.5 Å². The van der Waals surface area contributed by atoms with Gasteiger partial charge in [-0.25, -0.2) is 4.79 Å². The van der Waals surface area contributed by atoms with Gasteiger partial charge in [0.15, 0.2) is 0 Å². The number of rotatable bonds is 1. The molecule has 10 nitrogen and oxygen atoms in total. The number of aromatic hydroxyl groups is 1. The van der Waals surface area contributed by atoms with Crippen molar-refractivity contribution in [2.75, 3.05) is 13.2 Å². The fourth-order valence-electron chi connectivity index (χ4n) is 4.86. The van der Waals surface area contributed by atoms with Crippen LogP contribution in [0.3, 0.4) is 0 Å². The average molecular weight is 564 g/mol. The summed E-state index contributed by atoms with van der Waals surface area (Å²) in [6.07, 6.45) is 3.83. The maximum atomic E-state index is 13.5. The quantitative estimate of drug-likeness (QED) is 0.258. The summed E-state index contributed by atoms with van der Waals surface area (Å²) in [4.78, 5) is 51.4. The van der Waals surface area contributed by atoms with E-state index in [9.17, 15) is 24.3 Å². The Bertz CT molecular complexity index is 1470. The minimum Gasteiger partial charge on any atom is -0.507 e. The minimum atomic E-state index is -1.53. The molecule has 10 heteroatoms. The minimum absolute atomic E-state index is 0.0216. The van der Waals surface area contributed by atoms with Gasteiger partial charge in [-0.2, -0.15) is 0 Å². The highest BCUT2D eigenvalue weighted by atomic mass is 16.5. The van der Waals surface area contributed by atoms with Crippen LogP contribution in [-0.4, -0.2) is 53.7 Å². The van der Waals surface area contributed by atoms with Crippen LogP contribution in [0.1, 0.15) is 69.7 Å². The molecule has 4 N–H and O–H groups in total. The second-order valence-electron chi connectivity index (χ2n) is 10.8. The maximum absolute atomic E-state index is 13.5. The lowest BCUT2D eigenvalue weighted by Crippen LogP contribution is -2.60. The molecule has 218 valence electrons. The summed E-state index contributed by atoms with van der Waals surface area (Å²) in [6.45, 7) is 5.14. The van der Waals surface area contributed by atoms with E-state index in [0.717, 1.165) is 38.5 Å². The summed E-state index contributed by atoms with van der Waals surface area (Å²) in [5.41, 5.74) is -1.05. The number of fused-ring (bicyclic) bond motifs is 3. The van der Waals surface area contributed by atoms with Crippen LogP contribution in [0, 0.1) is 0 Å². The Balaban J connectivity index is 1.80. The van der Waals surface area contributed by atoms with Gasteiger partial charge >= 0.3 is 5.97 Å². The molecule has 1 aliphatic rings. The summed E-state index contributed by atoms with van der Waals surface area (Å²) in [5, 5.41) is 20.8. The van der Waals surface area contributed by atoms with Crippen molar-refractivity contribution in [3.8, 4) is 11.5 Å². The van der Waals surface area contributed by atoms with Crippen LogP contribution in [-0.2, 0) is 19.1 Å². The molecule has 0 saturated carbocycles. The number of esters is 1. The van der Waals surface area contributed by atoms with Gasteiger partial charge in [0.25, 0.3) is 12.1 Å². The van der Waals surface area contributed by atoms with Crippen molar-refractivity contribution in [2.24, 2.45) is 0 Å². The van der Waals surface area contributed by atoms with E-state index in [2.05, 4.69) is 16.0 Å². The molecule has 0 aromatic heterocycles. The monoisotopic (exact) mass is 563 g/mol. The Labute approximate surface area is 238 Å². The lowest BCUT2D eigenvalue weighted by Gasteiger charge is -2.28. The molecule has 1 heterocycles. The second-order valence-corrected chi connectivity index (χ2v) is 10.8. The fourth-order valence-corrected chi connectivity index (χ4v) is 4.86. The zero-order chi connectivity index (χ0) is 29.6. The van der Waals surface area contributed by atoms with Gasteiger partial charge in [-0.3, -0.25) is 14.4 Å². The lowest BCUT2D eigenvalue weighted by molar-refractivity contribution is -0.139. The molecule has 3 aromatic carbocycles. The van der Waals surface area contributed by atoms with E-state index in [1.54, 1.807) is 56.3 Å². The van der Waals surface area contributed by atoms with Gasteiger partial charge in [-0.15, -0.1) is 0 Å². The average Bonchev–Trinajstić information content (AvgIpc) is 2.94. The van der Waals surface area contributed by atoms with Gasteiger partial charge in [-0.1, -0.05) is 49.9 Å². The number of ether oxygens (including phenoxy) is 2. The first-order valence-corrected chi connectivity index (χ1v) is 14.0. The standard InChI is InChI=1S/C31H37N3O7/c1-19(35)33-28-27(37)34-31(2,3)30(39)32-16-10-6-4-5-7-11-17-40-29(38)20-14-15-22-24(18-20)26(41-28)23-13-9-8-12-21(23)25(22)36/h8-9,12-15,18,28,36H,4-7,10-11,16-17H2,1-3H3,(H,32,39)(H,33,35)(H,34,37). The Morgan fingerprint density at radius 2 is 1.59 bits per heavy atom. The molecule has 0 aliphatic carbocycles. The topological polar surface area (TPSA) is 143 Å². The van der Waals surface area contributed by atoms with E-state index in [0.29, 0.717) is 28.1 Å². The molecule has 41 heavy (non-hydrogen) atoms. The van der Waals surface area contributed by atoms with Gasteiger partial charge in [0.05, 0.1) is 12.2 Å². The highest BCUT2D eigenvalue weighted by Crippen LogP contribution is 2.42. The number of amides is 3. The Morgan fingerprint density at radius 1 is 0.927 bits per heavy atom. The largest absolute Gasteiger partial charge is 0.507 e. The number of phenolic OH excluding ortho intramolecular Hbond substituents is 1. The maximum Gasteiger partial charge on any atom is 0.338 e. The van der Waals surface area contributed by atoms with E-state index < -0.39 is 29.6 Å². The molecule has 0 fully saturated rings. The lowest BCUT2D eigenvalue weighted by atomic mass is 9.98. The number of nitrogens with one attached hydrogen (secondary N) is 3. The number of carbonyl (C=O) groups excluding carboxylic acids is 4. The number of hydrogen-bond donors (Lipinski definition) is 4. The zero-order valence-corrected chi connectivity index (χ0v) is 23.7. The van der Waals surface area contributed by atoms with Crippen molar-refractivity contribution in [3.05, 3.63) is 48.0 Å². The van der Waals surface area contributed by atoms with Crippen molar-refractivity contribution in [1.82, 2.24) is 16.0 Å². The van der Waals surface area contributed by atoms with E-state index in [1.165, 1.54) is 6.92 Å². The molecule has 0 radical (unpaired) electrons. The predicted molar refractivity (Wildman–Crippen MR) is 155 cm³/mol. The van der Waals surface area contributed by atoms with E-state index in [1.807, 2.05) is 0 Å². The smallest absolute Gasteiger partial charge is 0.338 e. The zero-order valence-electron chi connectivity index (χ0n) is 23.7. The Kier molecular flexibility index (Phi) is 9.31. The highest BCUT2D eigenvalue weighted by Gasteiger charge is 2.34. The molecule has 3 amide bonds. The van der Waals surface area contributed by atoms with E-state index in [4.69, 9.17) is 9.47 Å². The number of phenols is 1. The van der Waals surface area contributed by atoms with Gasteiger partial charge in [0, 0.05) is 35.0 Å². The number of hydrogen-bond acceptors (Lipinski definition) is 7. The molecule has 2 bridgehead atoms. The number of carbonyl (C=O) groups is 4. The Hall–Kier alpha value is -4.34. The van der Waals surface area contributed by atoms with Crippen LogP contribution in [0.2, 0.25) is 0 Å². The van der Waals surface area contributed by atoms with Crippen LogP contribution >= 0.6 is 0 Å². The molecule has 1 aliphatic heterocycles. The summed E-state index contributed by atoms with van der Waals surface area (Å²) in [6, 6.07) is 11.6. The van der Waals surface area contributed by atoms with Crippen LogP contribution < -0.4 is 20.7 Å². The molecule has 3 aromatic rings. The molecule has 1 unspecified atom stereocenters. The third-order valence-electron chi connectivity index (χ3n) is 7.08. The third kappa shape index (κ3) is 7.06. The summed E-state index contributed by atoms with van der Waals surface area (Å²) >= 11 is 0. The molecular weight excluding hydrogens is 526 g/mol. The molecule has 1 atom stereocenters. The summed E-state index contributed by atoms with van der Waals surface area (Å²) in [5.74, 6) is -2.00. The second kappa shape index (κ2) is 12.9. The van der Waals surface area contributed by atoms with Crippen LogP contribution in [0.15, 0.2) is 42.5 Å². The van der Waals surface area contributed by atoms with E-state index >= 15 is 0 Å². The predicted octanol–water partition coefficient (Wildman–Crippen LogP) is 4.06. The highest BCUT2D eigenvalue weighted by molar-refractivity contribution is 6.12. The van der Waals surface area contributed by atoms with Crippen molar-refractivity contribution in [2.45, 2.75) is 71.1 Å². The number of cyclic esters (lactones) is 1. The van der Waals surface area contributed by atoms with Gasteiger partial charge in [-0.05, 0) is 44.9 Å². The van der Waals surface area contributed by atoms with Crippen molar-refractivity contribution in [3.63, 3.8) is 0 Å². The van der Waals surface area contributed by atoms with Gasteiger partial charge in [0.1, 0.15) is 17.0 Å². The first kappa shape index (κ1) is 29.6. The normalized spacial score (nSPS) is 19.4. The van der Waals surface area contributed by atoms with Crippen molar-refractivity contribution < 1.29 is 33.8 Å². The molecule has 0 saturated heterocycles. The molecule has 0 spiro atoms. The number of benzene rings is 3. The summed E-state index contributed by atoms with van der Waals surface area (Å²) in [7, 11) is 0. The Morgan fingerprint density at radius 3 is 2.32 bits per heavy atom. The van der Waals surface area contributed by atoms with Crippen LogP contribution in [0.25, 0.3) is 21.5 Å². The van der Waals surface area contributed by atoms with Crippen molar-refractivity contribution >= 4 is 45.2 Å². The molecular formula is C31H37N3O7. The third-order valence-corrected chi connectivity index (χ3v) is 7.08. The van der Waals surface area contributed by atoms with Gasteiger partial charge in [0.2, 0.25) is 11.8 Å². The SMILES string of the molecule is CC(=O)NC1Oc2c3ccccc3c(O)c3ccc(cc23)C(=O)OCCCCCCCCNC(=O)C(C)(C)NC1=O. The first-order valence-electron chi connectivity index (χ1n) is 14.0. The van der Waals surface area contributed by atoms with Crippen LogP contribution in [0.5, 0.6) is 11.5 Å². The van der Waals surface area contributed by atoms with Crippen molar-refractivity contribution in [1.29, 1.82) is 0 Å². The summed E-state index contributed by atoms with van der Waals surface area (Å²) < 4.78 is 11.7. The van der Waals surface area contributed by atoms with E-state index in [-0.39, 0.29) is 29.6 Å². The molecule has 4 rings (SSSR count).